The number of rotatable bonds is 4. The minimum Gasteiger partial charge on any atom is -0.465 e. The van der Waals surface area contributed by atoms with Crippen molar-refractivity contribution in [3.8, 4) is 0 Å². The minimum absolute atomic E-state index is 0.0868. The average molecular weight is 294 g/mol. The molecular formula is C15H13ClFNO2. The van der Waals surface area contributed by atoms with E-state index in [1.165, 1.54) is 19.2 Å². The molecule has 0 radical (unpaired) electrons. The van der Waals surface area contributed by atoms with E-state index in [9.17, 15) is 9.18 Å². The number of ether oxygens (including phenoxy) is 1. The van der Waals surface area contributed by atoms with Crippen molar-refractivity contribution in [3.63, 3.8) is 0 Å². The van der Waals surface area contributed by atoms with E-state index in [4.69, 9.17) is 16.3 Å². The number of carbonyl (C=O) groups is 1. The molecule has 2 aromatic rings. The molecule has 20 heavy (non-hydrogen) atoms. The second kappa shape index (κ2) is 6.39. The number of halogens is 2. The summed E-state index contributed by atoms with van der Waals surface area (Å²) in [6.45, 7) is 0.377. The van der Waals surface area contributed by atoms with Gasteiger partial charge in [0, 0.05) is 12.2 Å². The molecule has 0 saturated carbocycles. The number of benzene rings is 2. The van der Waals surface area contributed by atoms with E-state index in [0.717, 1.165) is 5.56 Å². The fraction of sp³-hybridized carbons (Fsp3) is 0.133. The molecule has 0 heterocycles. The van der Waals surface area contributed by atoms with Gasteiger partial charge in [0.15, 0.2) is 0 Å². The van der Waals surface area contributed by atoms with Crippen LogP contribution in [0.25, 0.3) is 0 Å². The molecule has 0 amide bonds. The van der Waals surface area contributed by atoms with Crippen molar-refractivity contribution in [1.29, 1.82) is 0 Å². The van der Waals surface area contributed by atoms with Crippen LogP contribution in [0.2, 0.25) is 5.02 Å². The summed E-state index contributed by atoms with van der Waals surface area (Å²) in [5.74, 6) is -0.886. The van der Waals surface area contributed by atoms with Crippen LogP contribution in [0, 0.1) is 5.82 Å². The number of methoxy groups -OCH3 is 1. The Morgan fingerprint density at radius 3 is 2.75 bits per heavy atom. The zero-order chi connectivity index (χ0) is 14.5. The Kier molecular flexibility index (Phi) is 4.58. The molecule has 5 heteroatoms. The zero-order valence-electron chi connectivity index (χ0n) is 10.8. The molecular weight excluding hydrogens is 281 g/mol. The van der Waals surface area contributed by atoms with Gasteiger partial charge in [-0.05, 0) is 29.8 Å². The summed E-state index contributed by atoms with van der Waals surface area (Å²) >= 11 is 5.63. The third-order valence-corrected chi connectivity index (χ3v) is 3.11. The Morgan fingerprint density at radius 1 is 1.30 bits per heavy atom. The van der Waals surface area contributed by atoms with Crippen molar-refractivity contribution in [3.05, 3.63) is 64.4 Å². The Hall–Kier alpha value is -2.07. The van der Waals surface area contributed by atoms with Gasteiger partial charge >= 0.3 is 5.97 Å². The lowest BCUT2D eigenvalue weighted by atomic mass is 10.1. The molecule has 0 bridgehead atoms. The van der Waals surface area contributed by atoms with E-state index in [-0.39, 0.29) is 5.02 Å². The number of hydrogen-bond acceptors (Lipinski definition) is 3. The molecule has 2 aromatic carbocycles. The molecule has 0 unspecified atom stereocenters. The van der Waals surface area contributed by atoms with Crippen LogP contribution in [0.3, 0.4) is 0 Å². The molecule has 2 rings (SSSR count). The first-order valence-corrected chi connectivity index (χ1v) is 6.34. The van der Waals surface area contributed by atoms with E-state index in [2.05, 4.69) is 5.32 Å². The molecule has 0 atom stereocenters. The minimum atomic E-state index is -0.466. The van der Waals surface area contributed by atoms with Crippen molar-refractivity contribution in [2.45, 2.75) is 6.54 Å². The number of hydrogen-bond donors (Lipinski definition) is 1. The van der Waals surface area contributed by atoms with Gasteiger partial charge in [0.25, 0.3) is 0 Å². The second-order valence-electron chi connectivity index (χ2n) is 4.14. The Morgan fingerprint density at radius 2 is 2.05 bits per heavy atom. The Balaban J connectivity index is 2.14. The number of anilines is 1. The summed E-state index contributed by atoms with van der Waals surface area (Å²) in [5.41, 5.74) is 1.80. The molecule has 0 spiro atoms. The zero-order valence-corrected chi connectivity index (χ0v) is 11.6. The fourth-order valence-corrected chi connectivity index (χ4v) is 1.89. The fourth-order valence-electron chi connectivity index (χ4n) is 1.77. The number of para-hydroxylation sites is 1. The van der Waals surface area contributed by atoms with Gasteiger partial charge in [-0.15, -0.1) is 0 Å². The summed E-state index contributed by atoms with van der Waals surface area (Å²) in [5, 5.41) is 3.17. The van der Waals surface area contributed by atoms with Crippen LogP contribution < -0.4 is 5.32 Å². The molecule has 104 valence electrons. The van der Waals surface area contributed by atoms with Gasteiger partial charge in [0.2, 0.25) is 0 Å². The highest BCUT2D eigenvalue weighted by Gasteiger charge is 2.10. The van der Waals surface area contributed by atoms with Crippen molar-refractivity contribution < 1.29 is 13.9 Å². The predicted molar refractivity (Wildman–Crippen MR) is 76.5 cm³/mol. The van der Waals surface area contributed by atoms with Crippen LogP contribution in [0.1, 0.15) is 15.9 Å². The van der Waals surface area contributed by atoms with E-state index in [1.807, 2.05) is 0 Å². The van der Waals surface area contributed by atoms with Gasteiger partial charge in [-0.1, -0.05) is 29.8 Å². The average Bonchev–Trinajstić information content (AvgIpc) is 2.48. The maximum absolute atomic E-state index is 13.3. The molecule has 0 aliphatic heterocycles. The molecule has 3 nitrogen and oxygen atoms in total. The highest BCUT2D eigenvalue weighted by atomic mass is 35.5. The summed E-state index contributed by atoms with van der Waals surface area (Å²) in [6, 6.07) is 11.6. The first kappa shape index (κ1) is 14.3. The highest BCUT2D eigenvalue weighted by Crippen LogP contribution is 2.19. The summed E-state index contributed by atoms with van der Waals surface area (Å²) < 4.78 is 18.0. The third-order valence-electron chi connectivity index (χ3n) is 2.80. The van der Waals surface area contributed by atoms with Crippen LogP contribution in [0.15, 0.2) is 42.5 Å². The van der Waals surface area contributed by atoms with Gasteiger partial charge in [0.1, 0.15) is 5.82 Å². The molecule has 1 N–H and O–H groups in total. The molecule has 0 saturated heterocycles. The molecule has 0 aromatic heterocycles. The Bertz CT molecular complexity index is 631. The van der Waals surface area contributed by atoms with Gasteiger partial charge in [-0.25, -0.2) is 9.18 Å². The number of nitrogens with one attached hydrogen (secondary N) is 1. The van der Waals surface area contributed by atoms with E-state index >= 15 is 0 Å². The lowest BCUT2D eigenvalue weighted by Crippen LogP contribution is -2.08. The van der Waals surface area contributed by atoms with Crippen LogP contribution in [0.4, 0.5) is 10.1 Å². The summed E-state index contributed by atoms with van der Waals surface area (Å²) in [7, 11) is 1.33. The van der Waals surface area contributed by atoms with E-state index < -0.39 is 11.8 Å². The van der Waals surface area contributed by atoms with Crippen LogP contribution in [-0.4, -0.2) is 13.1 Å². The standard InChI is InChI=1S/C15H13ClFNO2/c1-20-15(19)11-4-2-3-5-14(11)18-9-10-6-7-12(16)13(17)8-10/h2-8,18H,9H2,1H3. The molecule has 0 fully saturated rings. The third kappa shape index (κ3) is 3.27. The van der Waals surface area contributed by atoms with E-state index in [1.54, 1.807) is 30.3 Å². The van der Waals surface area contributed by atoms with Crippen molar-refractivity contribution in [2.24, 2.45) is 0 Å². The van der Waals surface area contributed by atoms with Crippen molar-refractivity contribution in [2.75, 3.05) is 12.4 Å². The number of carbonyl (C=O) groups excluding carboxylic acids is 1. The van der Waals surface area contributed by atoms with Crippen LogP contribution in [0.5, 0.6) is 0 Å². The van der Waals surface area contributed by atoms with E-state index in [0.29, 0.717) is 17.8 Å². The van der Waals surface area contributed by atoms with Gasteiger partial charge in [0.05, 0.1) is 17.7 Å². The van der Waals surface area contributed by atoms with Gasteiger partial charge in [-0.3, -0.25) is 0 Å². The lowest BCUT2D eigenvalue weighted by Gasteiger charge is -2.11. The lowest BCUT2D eigenvalue weighted by molar-refractivity contribution is 0.0602. The van der Waals surface area contributed by atoms with Crippen molar-refractivity contribution >= 4 is 23.3 Å². The quantitative estimate of drug-likeness (QED) is 0.870. The second-order valence-corrected chi connectivity index (χ2v) is 4.55. The van der Waals surface area contributed by atoms with Crippen LogP contribution in [-0.2, 0) is 11.3 Å². The van der Waals surface area contributed by atoms with Gasteiger partial charge < -0.3 is 10.1 Å². The monoisotopic (exact) mass is 293 g/mol. The maximum Gasteiger partial charge on any atom is 0.339 e. The predicted octanol–water partition coefficient (Wildman–Crippen LogP) is 3.88. The molecule has 0 aliphatic rings. The first-order valence-electron chi connectivity index (χ1n) is 5.97. The first-order chi connectivity index (χ1) is 9.61. The van der Waals surface area contributed by atoms with Crippen LogP contribution >= 0.6 is 11.6 Å². The number of esters is 1. The smallest absolute Gasteiger partial charge is 0.339 e. The summed E-state index contributed by atoms with van der Waals surface area (Å²) in [6.07, 6.45) is 0. The highest BCUT2D eigenvalue weighted by molar-refractivity contribution is 6.30. The normalized spacial score (nSPS) is 10.2. The topological polar surface area (TPSA) is 38.3 Å². The van der Waals surface area contributed by atoms with Crippen molar-refractivity contribution in [1.82, 2.24) is 0 Å². The maximum atomic E-state index is 13.3. The summed E-state index contributed by atoms with van der Waals surface area (Å²) in [4.78, 5) is 11.6. The molecule has 0 aliphatic carbocycles. The Labute approximate surface area is 121 Å². The van der Waals surface area contributed by atoms with Gasteiger partial charge in [-0.2, -0.15) is 0 Å². The SMILES string of the molecule is COC(=O)c1ccccc1NCc1ccc(Cl)c(F)c1. The largest absolute Gasteiger partial charge is 0.465 e.